The molecule has 0 radical (unpaired) electrons. The Bertz CT molecular complexity index is 1050. The maximum Gasteiger partial charge on any atom is 0.272 e. The van der Waals surface area contributed by atoms with Crippen LogP contribution in [0.2, 0.25) is 0 Å². The molecule has 3 aromatic rings. The monoisotopic (exact) mass is 375 g/mol. The molecule has 28 heavy (non-hydrogen) atoms. The highest BCUT2D eigenvalue weighted by Crippen LogP contribution is 2.20. The SMILES string of the molecule is O=C(Nc1cccc(F)c1)c1ccnc(C(=O)N2CCc3ccccc3C2)c1. The highest BCUT2D eigenvalue weighted by atomic mass is 19.1. The van der Waals surface area contributed by atoms with Crippen molar-refractivity contribution in [3.05, 3.63) is 95.1 Å². The van der Waals surface area contributed by atoms with Crippen LogP contribution in [0.1, 0.15) is 32.0 Å². The summed E-state index contributed by atoms with van der Waals surface area (Å²) in [5, 5.41) is 2.63. The lowest BCUT2D eigenvalue weighted by Gasteiger charge is -2.28. The van der Waals surface area contributed by atoms with Crippen molar-refractivity contribution >= 4 is 17.5 Å². The summed E-state index contributed by atoms with van der Waals surface area (Å²) in [7, 11) is 0. The van der Waals surface area contributed by atoms with Crippen LogP contribution in [-0.4, -0.2) is 28.2 Å². The normalized spacial score (nSPS) is 13.0. The molecule has 0 bridgehead atoms. The Kier molecular flexibility index (Phi) is 4.85. The van der Waals surface area contributed by atoms with Crippen molar-refractivity contribution < 1.29 is 14.0 Å². The molecule has 1 aliphatic rings. The number of hydrogen-bond donors (Lipinski definition) is 1. The number of halogens is 1. The number of nitrogens with zero attached hydrogens (tertiary/aromatic N) is 2. The lowest BCUT2D eigenvalue weighted by Crippen LogP contribution is -2.36. The predicted molar refractivity (Wildman–Crippen MR) is 103 cm³/mol. The summed E-state index contributed by atoms with van der Waals surface area (Å²) in [5.41, 5.74) is 3.23. The van der Waals surface area contributed by atoms with E-state index < -0.39 is 11.7 Å². The zero-order valence-corrected chi connectivity index (χ0v) is 15.1. The van der Waals surface area contributed by atoms with Crippen LogP contribution >= 0.6 is 0 Å². The van der Waals surface area contributed by atoms with Gasteiger partial charge in [-0.2, -0.15) is 0 Å². The van der Waals surface area contributed by atoms with Gasteiger partial charge in [0, 0.05) is 30.5 Å². The molecular formula is C22H18FN3O2. The average molecular weight is 375 g/mol. The molecule has 6 heteroatoms. The fourth-order valence-electron chi connectivity index (χ4n) is 3.29. The first-order valence-electron chi connectivity index (χ1n) is 8.99. The van der Waals surface area contributed by atoms with Gasteiger partial charge in [-0.15, -0.1) is 0 Å². The predicted octanol–water partition coefficient (Wildman–Crippen LogP) is 3.67. The quantitative estimate of drug-likeness (QED) is 0.760. The summed E-state index contributed by atoms with van der Waals surface area (Å²) < 4.78 is 13.3. The molecule has 0 saturated carbocycles. The minimum absolute atomic E-state index is 0.213. The topological polar surface area (TPSA) is 62.3 Å². The number of amides is 2. The molecule has 2 aromatic carbocycles. The Morgan fingerprint density at radius 2 is 1.82 bits per heavy atom. The maximum absolute atomic E-state index is 13.3. The number of carbonyl (C=O) groups is 2. The van der Waals surface area contributed by atoms with E-state index in [1.54, 1.807) is 11.0 Å². The number of benzene rings is 2. The lowest BCUT2D eigenvalue weighted by atomic mass is 9.99. The standard InChI is InChI=1S/C22H18FN3O2/c23-18-6-3-7-19(13-18)25-21(27)16-8-10-24-20(12-16)22(28)26-11-9-15-4-1-2-5-17(15)14-26/h1-8,10,12-13H,9,11,14H2,(H,25,27). The van der Waals surface area contributed by atoms with Gasteiger partial charge in [-0.25, -0.2) is 4.39 Å². The van der Waals surface area contributed by atoms with Crippen molar-refractivity contribution in [3.63, 3.8) is 0 Å². The van der Waals surface area contributed by atoms with Crippen LogP contribution < -0.4 is 5.32 Å². The Hall–Kier alpha value is -3.54. The van der Waals surface area contributed by atoms with E-state index >= 15 is 0 Å². The molecule has 0 spiro atoms. The van der Waals surface area contributed by atoms with Crippen LogP contribution in [0.15, 0.2) is 66.9 Å². The second kappa shape index (κ2) is 7.60. The largest absolute Gasteiger partial charge is 0.333 e. The van der Waals surface area contributed by atoms with E-state index in [9.17, 15) is 14.0 Å². The van der Waals surface area contributed by atoms with Gasteiger partial charge in [0.05, 0.1) is 0 Å². The number of anilines is 1. The third-order valence-corrected chi connectivity index (χ3v) is 4.74. The van der Waals surface area contributed by atoms with Gasteiger partial charge < -0.3 is 10.2 Å². The Labute approximate surface area is 161 Å². The molecule has 0 saturated heterocycles. The average Bonchev–Trinajstić information content (AvgIpc) is 2.73. The summed E-state index contributed by atoms with van der Waals surface area (Å²) in [5.74, 6) is -1.07. The molecule has 0 fully saturated rings. The van der Waals surface area contributed by atoms with E-state index in [-0.39, 0.29) is 11.6 Å². The molecule has 4 rings (SSSR count). The third kappa shape index (κ3) is 3.76. The molecule has 0 aliphatic carbocycles. The van der Waals surface area contributed by atoms with Crippen LogP contribution in [0, 0.1) is 5.82 Å². The fourth-order valence-corrected chi connectivity index (χ4v) is 3.29. The van der Waals surface area contributed by atoms with Crippen molar-refractivity contribution in [3.8, 4) is 0 Å². The number of hydrogen-bond acceptors (Lipinski definition) is 3. The van der Waals surface area contributed by atoms with E-state index in [4.69, 9.17) is 0 Å². The van der Waals surface area contributed by atoms with E-state index in [0.29, 0.717) is 24.3 Å². The number of pyridine rings is 1. The zero-order valence-electron chi connectivity index (χ0n) is 15.1. The second-order valence-electron chi connectivity index (χ2n) is 6.64. The highest BCUT2D eigenvalue weighted by molar-refractivity contribution is 6.05. The number of nitrogens with one attached hydrogen (secondary N) is 1. The van der Waals surface area contributed by atoms with Crippen LogP contribution in [0.25, 0.3) is 0 Å². The lowest BCUT2D eigenvalue weighted by molar-refractivity contribution is 0.0728. The van der Waals surface area contributed by atoms with E-state index in [1.807, 2.05) is 18.2 Å². The minimum atomic E-state index is -0.436. The van der Waals surface area contributed by atoms with Gasteiger partial charge in [-0.1, -0.05) is 30.3 Å². The van der Waals surface area contributed by atoms with Gasteiger partial charge >= 0.3 is 0 Å². The number of carbonyl (C=O) groups excluding carboxylic acids is 2. The van der Waals surface area contributed by atoms with Crippen molar-refractivity contribution in [2.24, 2.45) is 0 Å². The van der Waals surface area contributed by atoms with E-state index in [1.165, 1.54) is 42.1 Å². The first kappa shape index (κ1) is 17.9. The fraction of sp³-hybridized carbons (Fsp3) is 0.136. The Morgan fingerprint density at radius 1 is 1.00 bits per heavy atom. The van der Waals surface area contributed by atoms with Crippen molar-refractivity contribution in [2.45, 2.75) is 13.0 Å². The van der Waals surface area contributed by atoms with Gasteiger partial charge in [0.25, 0.3) is 11.8 Å². The molecular weight excluding hydrogens is 357 g/mol. The van der Waals surface area contributed by atoms with Crippen molar-refractivity contribution in [1.29, 1.82) is 0 Å². The third-order valence-electron chi connectivity index (χ3n) is 4.74. The molecule has 5 nitrogen and oxygen atoms in total. The van der Waals surface area contributed by atoms with Crippen molar-refractivity contribution in [2.75, 3.05) is 11.9 Å². The first-order chi connectivity index (χ1) is 13.6. The maximum atomic E-state index is 13.3. The summed E-state index contributed by atoms with van der Waals surface area (Å²) >= 11 is 0. The minimum Gasteiger partial charge on any atom is -0.333 e. The van der Waals surface area contributed by atoms with E-state index in [0.717, 1.165) is 12.0 Å². The van der Waals surface area contributed by atoms with Crippen molar-refractivity contribution in [1.82, 2.24) is 9.88 Å². The number of fused-ring (bicyclic) bond motifs is 1. The molecule has 1 aromatic heterocycles. The molecule has 0 unspecified atom stereocenters. The summed E-state index contributed by atoms with van der Waals surface area (Å²) in [6.45, 7) is 1.13. The summed E-state index contributed by atoms with van der Waals surface area (Å²) in [6.07, 6.45) is 2.23. The molecule has 2 amide bonds. The second-order valence-corrected chi connectivity index (χ2v) is 6.64. The zero-order chi connectivity index (χ0) is 19.5. The van der Waals surface area contributed by atoms with Gasteiger partial charge in [0.1, 0.15) is 11.5 Å². The van der Waals surface area contributed by atoms with Gasteiger partial charge in [-0.05, 0) is 47.9 Å². The smallest absolute Gasteiger partial charge is 0.272 e. The van der Waals surface area contributed by atoms with Gasteiger partial charge in [0.15, 0.2) is 0 Å². The molecule has 1 aliphatic heterocycles. The molecule has 1 N–H and O–H groups in total. The summed E-state index contributed by atoms with van der Waals surface area (Å²) in [6, 6.07) is 16.7. The van der Waals surface area contributed by atoms with Crippen LogP contribution in [0.3, 0.4) is 0 Å². The van der Waals surface area contributed by atoms with Crippen LogP contribution in [-0.2, 0) is 13.0 Å². The highest BCUT2D eigenvalue weighted by Gasteiger charge is 2.23. The summed E-state index contributed by atoms with van der Waals surface area (Å²) in [4.78, 5) is 31.2. The van der Waals surface area contributed by atoms with Crippen LogP contribution in [0.4, 0.5) is 10.1 Å². The first-order valence-corrected chi connectivity index (χ1v) is 8.99. The molecule has 2 heterocycles. The molecule has 140 valence electrons. The van der Waals surface area contributed by atoms with Gasteiger partial charge in [0.2, 0.25) is 0 Å². The number of aromatic nitrogens is 1. The van der Waals surface area contributed by atoms with Gasteiger partial charge in [-0.3, -0.25) is 14.6 Å². The van der Waals surface area contributed by atoms with Crippen LogP contribution in [0.5, 0.6) is 0 Å². The molecule has 0 atom stereocenters. The Morgan fingerprint density at radius 3 is 2.64 bits per heavy atom. The van der Waals surface area contributed by atoms with E-state index in [2.05, 4.69) is 16.4 Å². The number of rotatable bonds is 3. The Balaban J connectivity index is 1.50.